The van der Waals surface area contributed by atoms with Crippen molar-refractivity contribution >= 4 is 34.0 Å². The van der Waals surface area contributed by atoms with Gasteiger partial charge >= 0.3 is 0 Å². The molecule has 2 heterocycles. The van der Waals surface area contributed by atoms with Crippen molar-refractivity contribution < 1.29 is 4.74 Å². The second-order valence-electron chi connectivity index (χ2n) is 6.05. The predicted octanol–water partition coefficient (Wildman–Crippen LogP) is 4.83. The fraction of sp³-hybridized carbons (Fsp3) is 0.0952. The Morgan fingerprint density at radius 3 is 2.56 bits per heavy atom. The van der Waals surface area contributed by atoms with Crippen LogP contribution in [0.2, 0.25) is 0 Å². The second-order valence-corrected chi connectivity index (χ2v) is 6.05. The number of benzene rings is 2. The standard InChI is InChI=1S/C21H19N5O/c1-14-13-19(24-17-10-5-7-15-8-6-12-22-20(15)17)26-21(23-14)25-16-9-3-4-11-18(16)27-2/h3-13H,1-2H3,(H2,23,24,25,26). The summed E-state index contributed by atoms with van der Waals surface area (Å²) in [5, 5.41) is 7.65. The first-order chi connectivity index (χ1) is 13.2. The Hall–Kier alpha value is -3.67. The molecular weight excluding hydrogens is 338 g/mol. The molecule has 27 heavy (non-hydrogen) atoms. The molecule has 6 heteroatoms. The number of rotatable bonds is 5. The van der Waals surface area contributed by atoms with Crippen molar-refractivity contribution in [1.29, 1.82) is 0 Å². The third kappa shape index (κ3) is 3.64. The minimum absolute atomic E-state index is 0.496. The van der Waals surface area contributed by atoms with E-state index < -0.39 is 0 Å². The smallest absolute Gasteiger partial charge is 0.229 e. The van der Waals surface area contributed by atoms with Gasteiger partial charge in [-0.2, -0.15) is 4.98 Å². The Labute approximate surface area is 157 Å². The fourth-order valence-electron chi connectivity index (χ4n) is 2.90. The maximum Gasteiger partial charge on any atom is 0.229 e. The van der Waals surface area contributed by atoms with E-state index in [0.717, 1.165) is 33.7 Å². The average molecular weight is 357 g/mol. The minimum atomic E-state index is 0.496. The first kappa shape index (κ1) is 16.8. The van der Waals surface area contributed by atoms with Crippen LogP contribution in [0.3, 0.4) is 0 Å². The second kappa shape index (κ2) is 7.29. The molecule has 0 aliphatic carbocycles. The zero-order valence-corrected chi connectivity index (χ0v) is 15.1. The van der Waals surface area contributed by atoms with E-state index in [1.54, 1.807) is 13.3 Å². The lowest BCUT2D eigenvalue weighted by molar-refractivity contribution is 0.417. The Bertz CT molecular complexity index is 1090. The van der Waals surface area contributed by atoms with Gasteiger partial charge in [-0.15, -0.1) is 0 Å². The summed E-state index contributed by atoms with van der Waals surface area (Å²) in [5.41, 5.74) is 3.45. The van der Waals surface area contributed by atoms with Gasteiger partial charge in [0, 0.05) is 23.3 Å². The summed E-state index contributed by atoms with van der Waals surface area (Å²) in [6, 6.07) is 19.5. The number of fused-ring (bicyclic) bond motifs is 1. The summed E-state index contributed by atoms with van der Waals surface area (Å²) in [6.07, 6.45) is 1.79. The SMILES string of the molecule is COc1ccccc1Nc1nc(C)cc(Nc2cccc3cccnc23)n1. The van der Waals surface area contributed by atoms with Gasteiger partial charge in [0.1, 0.15) is 11.6 Å². The van der Waals surface area contributed by atoms with Crippen molar-refractivity contribution in [3.8, 4) is 5.75 Å². The van der Waals surface area contributed by atoms with Gasteiger partial charge in [-0.25, -0.2) is 4.98 Å². The van der Waals surface area contributed by atoms with E-state index in [0.29, 0.717) is 11.8 Å². The summed E-state index contributed by atoms with van der Waals surface area (Å²) in [4.78, 5) is 13.5. The monoisotopic (exact) mass is 357 g/mol. The van der Waals surface area contributed by atoms with Crippen LogP contribution in [0.25, 0.3) is 10.9 Å². The molecule has 0 amide bonds. The number of anilines is 4. The van der Waals surface area contributed by atoms with Crippen LogP contribution in [0.15, 0.2) is 66.9 Å². The van der Waals surface area contributed by atoms with Crippen LogP contribution in [-0.4, -0.2) is 22.1 Å². The van der Waals surface area contributed by atoms with Crippen molar-refractivity contribution in [2.75, 3.05) is 17.7 Å². The quantitative estimate of drug-likeness (QED) is 0.533. The lowest BCUT2D eigenvalue weighted by Crippen LogP contribution is -2.03. The first-order valence-corrected chi connectivity index (χ1v) is 8.59. The highest BCUT2D eigenvalue weighted by molar-refractivity contribution is 5.91. The van der Waals surface area contributed by atoms with E-state index in [2.05, 4.69) is 25.6 Å². The third-order valence-corrected chi connectivity index (χ3v) is 4.10. The van der Waals surface area contributed by atoms with Crippen LogP contribution in [0.1, 0.15) is 5.69 Å². The van der Waals surface area contributed by atoms with E-state index in [4.69, 9.17) is 4.74 Å². The molecule has 2 aromatic carbocycles. The molecule has 4 aromatic rings. The molecule has 0 unspecified atom stereocenters. The number of para-hydroxylation sites is 3. The predicted molar refractivity (Wildman–Crippen MR) is 108 cm³/mol. The van der Waals surface area contributed by atoms with E-state index in [1.807, 2.05) is 67.6 Å². The molecule has 2 N–H and O–H groups in total. The summed E-state index contributed by atoms with van der Waals surface area (Å²) in [7, 11) is 1.64. The molecule has 0 aliphatic rings. The number of nitrogens with one attached hydrogen (secondary N) is 2. The van der Waals surface area contributed by atoms with Crippen molar-refractivity contribution in [1.82, 2.24) is 15.0 Å². The highest BCUT2D eigenvalue weighted by Crippen LogP contribution is 2.28. The summed E-state index contributed by atoms with van der Waals surface area (Å²) in [6.45, 7) is 1.93. The highest BCUT2D eigenvalue weighted by Gasteiger charge is 2.08. The average Bonchev–Trinajstić information content (AvgIpc) is 2.68. The zero-order chi connectivity index (χ0) is 18.6. The van der Waals surface area contributed by atoms with E-state index in [1.165, 1.54) is 0 Å². The number of methoxy groups -OCH3 is 1. The van der Waals surface area contributed by atoms with Gasteiger partial charge in [-0.1, -0.05) is 30.3 Å². The number of nitrogens with zero attached hydrogens (tertiary/aromatic N) is 3. The molecule has 134 valence electrons. The molecule has 0 fully saturated rings. The number of hydrogen-bond acceptors (Lipinski definition) is 6. The first-order valence-electron chi connectivity index (χ1n) is 8.59. The van der Waals surface area contributed by atoms with Gasteiger partial charge < -0.3 is 15.4 Å². The lowest BCUT2D eigenvalue weighted by Gasteiger charge is -2.13. The summed E-state index contributed by atoms with van der Waals surface area (Å²) >= 11 is 0. The van der Waals surface area contributed by atoms with Crippen LogP contribution in [0.5, 0.6) is 5.75 Å². The molecule has 2 aromatic heterocycles. The van der Waals surface area contributed by atoms with Crippen molar-refractivity contribution in [3.63, 3.8) is 0 Å². The molecule has 0 atom stereocenters. The molecule has 4 rings (SSSR count). The Morgan fingerprint density at radius 1 is 0.852 bits per heavy atom. The molecule has 0 spiro atoms. The molecule has 0 radical (unpaired) electrons. The van der Waals surface area contributed by atoms with Crippen LogP contribution in [0.4, 0.5) is 23.1 Å². The molecule has 0 saturated carbocycles. The van der Waals surface area contributed by atoms with Gasteiger partial charge in [-0.3, -0.25) is 4.98 Å². The lowest BCUT2D eigenvalue weighted by atomic mass is 10.2. The van der Waals surface area contributed by atoms with Gasteiger partial charge in [-0.05, 0) is 31.2 Å². The van der Waals surface area contributed by atoms with Crippen LogP contribution in [0, 0.1) is 6.92 Å². The molecule has 6 nitrogen and oxygen atoms in total. The number of ether oxygens (including phenoxy) is 1. The van der Waals surface area contributed by atoms with Gasteiger partial charge in [0.05, 0.1) is 24.0 Å². The highest BCUT2D eigenvalue weighted by atomic mass is 16.5. The Balaban J connectivity index is 1.66. The topological polar surface area (TPSA) is 72.0 Å². The normalized spacial score (nSPS) is 10.6. The molecule has 0 aliphatic heterocycles. The van der Waals surface area contributed by atoms with Gasteiger partial charge in [0.2, 0.25) is 5.95 Å². The van der Waals surface area contributed by atoms with Crippen molar-refractivity contribution in [2.45, 2.75) is 6.92 Å². The van der Waals surface area contributed by atoms with Crippen molar-refractivity contribution in [2.24, 2.45) is 0 Å². The zero-order valence-electron chi connectivity index (χ0n) is 15.1. The minimum Gasteiger partial charge on any atom is -0.495 e. The Kier molecular flexibility index (Phi) is 4.53. The Morgan fingerprint density at radius 2 is 1.67 bits per heavy atom. The summed E-state index contributed by atoms with van der Waals surface area (Å²) in [5.74, 6) is 1.92. The summed E-state index contributed by atoms with van der Waals surface area (Å²) < 4.78 is 5.38. The van der Waals surface area contributed by atoms with Crippen LogP contribution in [-0.2, 0) is 0 Å². The van der Waals surface area contributed by atoms with Gasteiger partial charge in [0.25, 0.3) is 0 Å². The molecule has 0 saturated heterocycles. The largest absolute Gasteiger partial charge is 0.495 e. The van der Waals surface area contributed by atoms with Crippen molar-refractivity contribution in [3.05, 3.63) is 72.6 Å². The maximum absolute atomic E-state index is 5.38. The van der Waals surface area contributed by atoms with Crippen LogP contribution >= 0.6 is 0 Å². The number of aromatic nitrogens is 3. The molecule has 0 bridgehead atoms. The van der Waals surface area contributed by atoms with E-state index in [9.17, 15) is 0 Å². The van der Waals surface area contributed by atoms with E-state index >= 15 is 0 Å². The number of aryl methyl sites for hydroxylation is 1. The number of pyridine rings is 1. The van der Waals surface area contributed by atoms with Gasteiger partial charge in [0.15, 0.2) is 0 Å². The molecular formula is C21H19N5O. The fourth-order valence-corrected chi connectivity index (χ4v) is 2.90. The third-order valence-electron chi connectivity index (χ3n) is 4.10. The number of hydrogen-bond donors (Lipinski definition) is 2. The maximum atomic E-state index is 5.38. The van der Waals surface area contributed by atoms with Crippen LogP contribution < -0.4 is 15.4 Å². The van der Waals surface area contributed by atoms with E-state index in [-0.39, 0.29) is 0 Å².